The molecule has 4 aromatic heterocycles. The third kappa shape index (κ3) is 11.0. The lowest BCUT2D eigenvalue weighted by molar-refractivity contribution is 1.13. The molecule has 0 saturated carbocycles. The van der Waals surface area contributed by atoms with Gasteiger partial charge < -0.3 is 18.3 Å². The maximum atomic E-state index is 2.50. The highest BCUT2D eigenvalue weighted by Crippen LogP contribution is 2.40. The van der Waals surface area contributed by atoms with E-state index >= 15 is 0 Å². The van der Waals surface area contributed by atoms with Crippen molar-refractivity contribution in [1.82, 2.24) is 18.3 Å². The minimum Gasteiger partial charge on any atom is -0.309 e. The van der Waals surface area contributed by atoms with Crippen molar-refractivity contribution in [2.45, 2.75) is 52.9 Å². The van der Waals surface area contributed by atoms with Crippen LogP contribution in [0.2, 0.25) is 26.2 Å². The number of nitrogens with zero attached hydrogens (tertiary/aromatic N) is 4. The molecule has 0 unspecified atom stereocenters. The van der Waals surface area contributed by atoms with Gasteiger partial charge in [0.2, 0.25) is 0 Å². The van der Waals surface area contributed by atoms with Crippen molar-refractivity contribution in [3.05, 3.63) is 363 Å². The largest absolute Gasteiger partial charge is 0.309 e. The number of para-hydroxylation sites is 8. The van der Waals surface area contributed by atoms with Crippen molar-refractivity contribution in [3.63, 3.8) is 0 Å². The third-order valence-electron chi connectivity index (χ3n) is 22.4. The molecule has 0 amide bonds. The average Bonchev–Trinajstić information content (AvgIpc) is 1.59. The summed E-state index contributed by atoms with van der Waals surface area (Å²) in [5.41, 5.74) is 24.7. The molecule has 0 aliphatic rings. The fraction of sp³-hybridized carbons (Fsp3) is 0.0816. The fourth-order valence-corrected chi connectivity index (χ4v) is 21.2. The minimum atomic E-state index is -2.18. The van der Waals surface area contributed by atoms with Crippen LogP contribution in [0.3, 0.4) is 0 Å². The molecule has 0 bridgehead atoms. The van der Waals surface area contributed by atoms with E-state index in [-0.39, 0.29) is 0 Å². The molecule has 104 heavy (non-hydrogen) atoms. The second-order valence-corrected chi connectivity index (χ2v) is 37.8. The Morgan fingerprint density at radius 1 is 0.192 bits per heavy atom. The molecule has 19 aromatic rings. The number of hydrogen-bond donors (Lipinski definition) is 0. The summed E-state index contributed by atoms with van der Waals surface area (Å²) in [4.78, 5) is 0. The van der Waals surface area contributed by atoms with E-state index in [0.29, 0.717) is 0 Å². The van der Waals surface area contributed by atoms with E-state index < -0.39 is 16.1 Å². The molecule has 0 aliphatic carbocycles. The lowest BCUT2D eigenvalue weighted by Crippen LogP contribution is -2.53. The average molecular weight is 1370 g/mol. The van der Waals surface area contributed by atoms with Gasteiger partial charge in [-0.05, 0) is 142 Å². The molecule has 4 nitrogen and oxygen atoms in total. The highest BCUT2D eigenvalue weighted by molar-refractivity contribution is 7.01. The maximum Gasteiger partial charge on any atom is 0.112 e. The molecule has 4 heterocycles. The van der Waals surface area contributed by atoms with Crippen molar-refractivity contribution >= 4 is 124 Å². The molecule has 0 N–H and O–H groups in total. The molecule has 0 saturated heterocycles. The van der Waals surface area contributed by atoms with Gasteiger partial charge in [0.1, 0.15) is 16.1 Å². The summed E-state index contributed by atoms with van der Waals surface area (Å²) in [6, 6.07) is 131. The Balaban J connectivity index is 0.000000149. The van der Waals surface area contributed by atoms with Crippen LogP contribution in [-0.4, -0.2) is 34.4 Å². The molecule has 15 aromatic carbocycles. The normalized spacial score (nSPS) is 12.0. The van der Waals surface area contributed by atoms with Crippen molar-refractivity contribution in [3.8, 4) is 56.1 Å². The van der Waals surface area contributed by atoms with Gasteiger partial charge in [0.25, 0.3) is 0 Å². The summed E-state index contributed by atoms with van der Waals surface area (Å²) in [7, 11) is -4.14. The SMILES string of the molecule is CCc1ccc(-c2ccc([Si](C)(C)c3cc(-n4c5ccccc5c5ccccc54)cc(-n4c5ccccc5c5ccccc54)c3)cc2)cc1.CCc1ccc(-c2ccc([Si](C)(C)c3ccc(-c4cc(-n5c6ccccc6c6ccccc65)cc(-n5c6ccccc6c6ccccc65)c4)cc3)cc2)cc1. The lowest BCUT2D eigenvalue weighted by Gasteiger charge is -2.26. The first-order chi connectivity index (χ1) is 51.0. The van der Waals surface area contributed by atoms with E-state index in [1.54, 1.807) is 0 Å². The van der Waals surface area contributed by atoms with Crippen molar-refractivity contribution in [2.24, 2.45) is 0 Å². The van der Waals surface area contributed by atoms with Crippen LogP contribution in [0, 0.1) is 0 Å². The molecule has 0 aliphatic heterocycles. The van der Waals surface area contributed by atoms with Gasteiger partial charge >= 0.3 is 0 Å². The second-order valence-electron chi connectivity index (χ2n) is 29.0. The molecular formula is C98H80N4Si2. The monoisotopic (exact) mass is 1370 g/mol. The van der Waals surface area contributed by atoms with Gasteiger partial charge in [-0.3, -0.25) is 0 Å². The minimum absolute atomic E-state index is 1.06. The molecule has 500 valence electrons. The Hall–Kier alpha value is -12.1. The summed E-state index contributed by atoms with van der Waals surface area (Å²) < 4.78 is 9.83. The van der Waals surface area contributed by atoms with E-state index in [2.05, 4.69) is 410 Å². The van der Waals surface area contributed by atoms with E-state index in [4.69, 9.17) is 0 Å². The van der Waals surface area contributed by atoms with Crippen LogP contribution >= 0.6 is 0 Å². The van der Waals surface area contributed by atoms with Gasteiger partial charge in [0.15, 0.2) is 0 Å². The van der Waals surface area contributed by atoms with E-state index in [1.165, 1.54) is 164 Å². The second kappa shape index (κ2) is 26.1. The van der Waals surface area contributed by atoms with Crippen LogP contribution in [0.25, 0.3) is 143 Å². The topological polar surface area (TPSA) is 19.7 Å². The Kier molecular flexibility index (Phi) is 16.1. The van der Waals surface area contributed by atoms with Gasteiger partial charge in [0.05, 0.1) is 44.1 Å². The number of fused-ring (bicyclic) bond motifs is 12. The van der Waals surface area contributed by atoms with Crippen LogP contribution in [0.4, 0.5) is 0 Å². The van der Waals surface area contributed by atoms with Crippen LogP contribution in [0.1, 0.15) is 25.0 Å². The van der Waals surface area contributed by atoms with Crippen LogP contribution in [0.5, 0.6) is 0 Å². The summed E-state index contributed by atoms with van der Waals surface area (Å²) >= 11 is 0. The predicted octanol–water partition coefficient (Wildman–Crippen LogP) is 23.5. The Bertz CT molecular complexity index is 5980. The lowest BCUT2D eigenvalue weighted by atomic mass is 10.0. The molecule has 0 radical (unpaired) electrons. The van der Waals surface area contributed by atoms with E-state index in [0.717, 1.165) is 24.2 Å². The Morgan fingerprint density at radius 3 is 0.615 bits per heavy atom. The van der Waals surface area contributed by atoms with Crippen molar-refractivity contribution < 1.29 is 0 Å². The highest BCUT2D eigenvalue weighted by Gasteiger charge is 2.30. The summed E-state index contributed by atoms with van der Waals surface area (Å²) in [6.07, 6.45) is 2.12. The van der Waals surface area contributed by atoms with E-state index in [9.17, 15) is 0 Å². The molecule has 0 fully saturated rings. The standard InChI is InChI=1S/C52H42N2Si.C46H38N2Si/c1-4-36-21-23-37(24-22-36)38-25-29-43(30-26-38)55(2,3)44-31-27-39(28-32-44)40-33-41(53-49-17-9-5-13-45(49)46-14-6-10-18-50(46)53)35-42(34-40)54-51-19-11-7-15-47(51)48-16-8-12-20-52(48)54;1-4-32-21-23-33(24-22-32)34-25-27-37(28-26-34)49(2,3)38-30-35(47-43-17-9-5-13-39(43)40-14-6-10-18-44(40)47)29-36(31-38)48-45-19-11-7-15-41(45)42-16-8-12-20-46(42)48/h5-35H,4H2,1-3H3;5-31H,4H2,1-3H3. The molecule has 6 heteroatoms. The molecule has 0 spiro atoms. The quantitative estimate of drug-likeness (QED) is 0.103. The molecule has 0 atom stereocenters. The number of aryl methyl sites for hydroxylation is 2. The maximum absolute atomic E-state index is 2.50. The summed E-state index contributed by atoms with van der Waals surface area (Å²) in [5.74, 6) is 0. The van der Waals surface area contributed by atoms with Crippen LogP contribution in [-0.2, 0) is 12.8 Å². The predicted molar refractivity (Wildman–Crippen MR) is 452 cm³/mol. The molecular weight excluding hydrogens is 1290 g/mol. The van der Waals surface area contributed by atoms with Crippen LogP contribution < -0.4 is 20.7 Å². The van der Waals surface area contributed by atoms with Gasteiger partial charge in [-0.15, -0.1) is 0 Å². The third-order valence-corrected chi connectivity index (χ3v) is 29.5. The summed E-state index contributed by atoms with van der Waals surface area (Å²) in [6.45, 7) is 14.3. The van der Waals surface area contributed by atoms with Crippen LogP contribution in [0.15, 0.2) is 352 Å². The zero-order valence-corrected chi connectivity index (χ0v) is 61.7. The zero-order valence-electron chi connectivity index (χ0n) is 59.7. The molecule has 19 rings (SSSR count). The fourth-order valence-electron chi connectivity index (χ4n) is 16.5. The van der Waals surface area contributed by atoms with Gasteiger partial charge in [0, 0.05) is 65.8 Å². The number of hydrogen-bond acceptors (Lipinski definition) is 0. The highest BCUT2D eigenvalue weighted by atomic mass is 28.3. The first-order valence-corrected chi connectivity index (χ1v) is 42.7. The Morgan fingerprint density at radius 2 is 0.385 bits per heavy atom. The van der Waals surface area contributed by atoms with Crippen molar-refractivity contribution in [1.29, 1.82) is 0 Å². The zero-order chi connectivity index (χ0) is 70.2. The smallest absolute Gasteiger partial charge is 0.112 e. The van der Waals surface area contributed by atoms with Crippen molar-refractivity contribution in [2.75, 3.05) is 0 Å². The number of rotatable bonds is 13. The summed E-state index contributed by atoms with van der Waals surface area (Å²) in [5, 5.41) is 15.9. The Labute approximate surface area is 610 Å². The van der Waals surface area contributed by atoms with E-state index in [1.807, 2.05) is 0 Å². The first-order valence-electron chi connectivity index (χ1n) is 36.7. The van der Waals surface area contributed by atoms with Gasteiger partial charge in [-0.2, -0.15) is 0 Å². The van der Waals surface area contributed by atoms with Gasteiger partial charge in [-0.25, -0.2) is 0 Å². The first kappa shape index (κ1) is 64.1. The number of benzene rings is 15. The van der Waals surface area contributed by atoms with Gasteiger partial charge in [-0.1, -0.05) is 328 Å². The number of aromatic nitrogens is 4.